The first kappa shape index (κ1) is 20.3. The fourth-order valence-electron chi connectivity index (χ4n) is 2.93. The highest BCUT2D eigenvalue weighted by Crippen LogP contribution is 2.14. The molecular formula is C23H26N4O2. The molecule has 6 heteroatoms. The summed E-state index contributed by atoms with van der Waals surface area (Å²) in [5, 5.41) is 6.09. The number of ether oxygens (including phenoxy) is 1. The summed E-state index contributed by atoms with van der Waals surface area (Å²) in [5.74, 6) is 1.02. The second-order valence-corrected chi connectivity index (χ2v) is 6.75. The van der Waals surface area contributed by atoms with E-state index in [1.165, 1.54) is 5.56 Å². The van der Waals surface area contributed by atoms with Gasteiger partial charge < -0.3 is 15.4 Å². The number of hydrogen-bond acceptors (Lipinski definition) is 5. The Hall–Kier alpha value is -3.41. The number of nitrogens with zero attached hydrogens (tertiary/aromatic N) is 2. The molecule has 1 amide bonds. The number of nitrogens with one attached hydrogen (secondary N) is 2. The minimum atomic E-state index is -0.254. The summed E-state index contributed by atoms with van der Waals surface area (Å²) in [4.78, 5) is 21.3. The van der Waals surface area contributed by atoms with Crippen LogP contribution in [-0.4, -0.2) is 29.5 Å². The molecule has 1 heterocycles. The van der Waals surface area contributed by atoms with Crippen molar-refractivity contribution in [2.75, 3.05) is 24.3 Å². The van der Waals surface area contributed by atoms with Gasteiger partial charge in [-0.05, 0) is 61.2 Å². The molecule has 3 rings (SSSR count). The zero-order valence-electron chi connectivity index (χ0n) is 17.0. The molecule has 0 unspecified atom stereocenters. The summed E-state index contributed by atoms with van der Waals surface area (Å²) in [5.41, 5.74) is 4.19. The number of anilines is 2. The summed E-state index contributed by atoms with van der Waals surface area (Å²) < 4.78 is 5.25. The summed E-state index contributed by atoms with van der Waals surface area (Å²) in [6, 6.07) is 17.4. The normalized spacial score (nSPS) is 10.4. The molecule has 2 aromatic carbocycles. The lowest BCUT2D eigenvalue weighted by atomic mass is 10.1. The van der Waals surface area contributed by atoms with Gasteiger partial charge in [0.05, 0.1) is 7.11 Å². The minimum Gasteiger partial charge on any atom is -0.497 e. The Morgan fingerprint density at radius 3 is 2.55 bits per heavy atom. The molecule has 0 fully saturated rings. The number of methoxy groups -OCH3 is 1. The van der Waals surface area contributed by atoms with Crippen LogP contribution in [0.4, 0.5) is 11.6 Å². The third-order valence-electron chi connectivity index (χ3n) is 4.54. The van der Waals surface area contributed by atoms with Crippen molar-refractivity contribution in [1.29, 1.82) is 0 Å². The molecule has 0 bridgehead atoms. The fraction of sp³-hybridized carbons (Fsp3) is 0.261. The van der Waals surface area contributed by atoms with Crippen molar-refractivity contribution in [2.24, 2.45) is 0 Å². The first-order chi connectivity index (χ1) is 14.1. The summed E-state index contributed by atoms with van der Waals surface area (Å²) in [7, 11) is 1.66. The van der Waals surface area contributed by atoms with Crippen molar-refractivity contribution in [2.45, 2.75) is 26.7 Å². The van der Waals surface area contributed by atoms with Gasteiger partial charge in [-0.1, -0.05) is 31.2 Å². The van der Waals surface area contributed by atoms with Crippen LogP contribution < -0.4 is 15.4 Å². The maximum atomic E-state index is 12.6. The predicted octanol–water partition coefficient (Wildman–Crippen LogP) is 4.26. The van der Waals surface area contributed by atoms with Crippen LogP contribution in [0.1, 0.15) is 34.2 Å². The van der Waals surface area contributed by atoms with E-state index in [-0.39, 0.29) is 5.91 Å². The highest BCUT2D eigenvalue weighted by molar-refractivity contribution is 6.03. The van der Waals surface area contributed by atoms with Gasteiger partial charge in [-0.25, -0.2) is 9.97 Å². The molecule has 0 spiro atoms. The monoisotopic (exact) mass is 390 g/mol. The SMILES string of the molecule is CCc1ccc(NC(=O)c2cc(C)nc(NCCc3cccc(OC)c3)n2)cc1. The molecule has 1 aromatic heterocycles. The smallest absolute Gasteiger partial charge is 0.274 e. The van der Waals surface area contributed by atoms with Gasteiger partial charge in [0.2, 0.25) is 5.95 Å². The second kappa shape index (κ2) is 9.68. The number of benzene rings is 2. The van der Waals surface area contributed by atoms with Gasteiger partial charge in [0.1, 0.15) is 11.4 Å². The van der Waals surface area contributed by atoms with Gasteiger partial charge in [-0.3, -0.25) is 4.79 Å². The van der Waals surface area contributed by atoms with Crippen molar-refractivity contribution in [3.63, 3.8) is 0 Å². The van der Waals surface area contributed by atoms with Crippen LogP contribution in [0.15, 0.2) is 54.6 Å². The van der Waals surface area contributed by atoms with Gasteiger partial charge in [0.25, 0.3) is 5.91 Å². The van der Waals surface area contributed by atoms with E-state index in [9.17, 15) is 4.79 Å². The first-order valence-corrected chi connectivity index (χ1v) is 9.70. The molecule has 0 aliphatic carbocycles. The molecule has 0 aliphatic heterocycles. The Kier molecular flexibility index (Phi) is 6.79. The van der Waals surface area contributed by atoms with Crippen LogP contribution in [0.3, 0.4) is 0 Å². The Bertz CT molecular complexity index is 971. The van der Waals surface area contributed by atoms with Crippen LogP contribution in [-0.2, 0) is 12.8 Å². The maximum Gasteiger partial charge on any atom is 0.274 e. The lowest BCUT2D eigenvalue weighted by Crippen LogP contribution is -2.17. The van der Waals surface area contributed by atoms with Gasteiger partial charge in [-0.2, -0.15) is 0 Å². The lowest BCUT2D eigenvalue weighted by molar-refractivity contribution is 0.102. The average Bonchev–Trinajstić information content (AvgIpc) is 2.74. The van der Waals surface area contributed by atoms with Crippen LogP contribution >= 0.6 is 0 Å². The van der Waals surface area contributed by atoms with Crippen LogP contribution in [0.2, 0.25) is 0 Å². The minimum absolute atomic E-state index is 0.254. The standard InChI is InChI=1S/C23H26N4O2/c1-4-17-8-10-19(11-9-17)26-22(28)21-14-16(2)25-23(27-21)24-13-12-18-6-5-7-20(15-18)29-3/h5-11,14-15H,4,12-13H2,1-3H3,(H,26,28)(H,24,25,27). The molecule has 0 saturated carbocycles. The zero-order chi connectivity index (χ0) is 20.6. The predicted molar refractivity (Wildman–Crippen MR) is 116 cm³/mol. The second-order valence-electron chi connectivity index (χ2n) is 6.75. The van der Waals surface area contributed by atoms with Gasteiger partial charge in [-0.15, -0.1) is 0 Å². The molecule has 0 aliphatic rings. The topological polar surface area (TPSA) is 76.1 Å². The van der Waals surface area contributed by atoms with Gasteiger partial charge in [0.15, 0.2) is 0 Å². The first-order valence-electron chi connectivity index (χ1n) is 9.70. The molecule has 29 heavy (non-hydrogen) atoms. The average molecular weight is 390 g/mol. The highest BCUT2D eigenvalue weighted by atomic mass is 16.5. The molecule has 0 radical (unpaired) electrons. The van der Waals surface area contributed by atoms with Gasteiger partial charge in [0, 0.05) is 17.9 Å². The van der Waals surface area contributed by atoms with E-state index in [2.05, 4.69) is 27.5 Å². The number of aryl methyl sites for hydroxylation is 2. The Morgan fingerprint density at radius 1 is 1.03 bits per heavy atom. The van der Waals surface area contributed by atoms with E-state index in [0.29, 0.717) is 18.2 Å². The Morgan fingerprint density at radius 2 is 1.83 bits per heavy atom. The number of hydrogen-bond donors (Lipinski definition) is 2. The van der Waals surface area contributed by atoms with E-state index in [0.717, 1.165) is 35.5 Å². The lowest BCUT2D eigenvalue weighted by Gasteiger charge is -2.10. The molecular weight excluding hydrogens is 364 g/mol. The number of carbonyl (C=O) groups is 1. The van der Waals surface area contributed by atoms with E-state index in [4.69, 9.17) is 4.74 Å². The summed E-state index contributed by atoms with van der Waals surface area (Å²) >= 11 is 0. The fourth-order valence-corrected chi connectivity index (χ4v) is 2.93. The molecule has 0 saturated heterocycles. The van der Waals surface area contributed by atoms with Crippen molar-refractivity contribution in [1.82, 2.24) is 9.97 Å². The third-order valence-corrected chi connectivity index (χ3v) is 4.54. The van der Waals surface area contributed by atoms with Crippen LogP contribution in [0.25, 0.3) is 0 Å². The largest absolute Gasteiger partial charge is 0.497 e. The molecule has 0 atom stereocenters. The third kappa shape index (κ3) is 5.78. The van der Waals surface area contributed by atoms with E-state index in [1.54, 1.807) is 13.2 Å². The maximum absolute atomic E-state index is 12.6. The number of aromatic nitrogens is 2. The van der Waals surface area contributed by atoms with Crippen molar-refractivity contribution >= 4 is 17.5 Å². The van der Waals surface area contributed by atoms with Crippen molar-refractivity contribution in [3.8, 4) is 5.75 Å². The van der Waals surface area contributed by atoms with E-state index >= 15 is 0 Å². The quantitative estimate of drug-likeness (QED) is 0.601. The molecule has 3 aromatic rings. The van der Waals surface area contributed by atoms with Crippen LogP contribution in [0, 0.1) is 6.92 Å². The van der Waals surface area contributed by atoms with Crippen molar-refractivity contribution in [3.05, 3.63) is 77.1 Å². The number of rotatable bonds is 8. The van der Waals surface area contributed by atoms with Crippen LogP contribution in [0.5, 0.6) is 5.75 Å². The molecule has 2 N–H and O–H groups in total. The number of amides is 1. The van der Waals surface area contributed by atoms with E-state index in [1.807, 2.05) is 55.5 Å². The Balaban J connectivity index is 1.62. The number of carbonyl (C=O) groups excluding carboxylic acids is 1. The highest BCUT2D eigenvalue weighted by Gasteiger charge is 2.11. The molecule has 6 nitrogen and oxygen atoms in total. The summed E-state index contributed by atoms with van der Waals surface area (Å²) in [6.45, 7) is 4.60. The summed E-state index contributed by atoms with van der Waals surface area (Å²) in [6.07, 6.45) is 1.75. The molecule has 150 valence electrons. The zero-order valence-corrected chi connectivity index (χ0v) is 17.0. The van der Waals surface area contributed by atoms with Crippen molar-refractivity contribution < 1.29 is 9.53 Å². The van der Waals surface area contributed by atoms with Gasteiger partial charge >= 0.3 is 0 Å². The Labute approximate surface area is 171 Å². The van der Waals surface area contributed by atoms with E-state index < -0.39 is 0 Å².